The second-order valence-electron chi connectivity index (χ2n) is 5.59. The number of nitrogens with zero attached hydrogens (tertiary/aromatic N) is 2. The van der Waals surface area contributed by atoms with E-state index in [1.807, 2.05) is 19.9 Å². The van der Waals surface area contributed by atoms with E-state index < -0.39 is 0 Å². The highest BCUT2D eigenvalue weighted by molar-refractivity contribution is 6.31. The van der Waals surface area contributed by atoms with Gasteiger partial charge in [-0.3, -0.25) is 9.89 Å². The first kappa shape index (κ1) is 14.7. The van der Waals surface area contributed by atoms with E-state index in [1.54, 1.807) is 24.4 Å². The standard InChI is InChI=1S/C17H13ClN4O2/c1-8-12-5-10(18)3-4-14(12)24-15(8)17(23)20-11-6-13-9(2)21-22-16(13)19-7-11/h3-7H,1-2H3,(H,20,23)(H,19,21,22). The van der Waals surface area contributed by atoms with E-state index in [0.29, 0.717) is 21.9 Å². The van der Waals surface area contributed by atoms with Crippen molar-refractivity contribution in [2.75, 3.05) is 5.32 Å². The number of furan rings is 1. The van der Waals surface area contributed by atoms with E-state index >= 15 is 0 Å². The molecule has 2 N–H and O–H groups in total. The molecule has 0 fully saturated rings. The molecule has 3 aromatic heterocycles. The number of benzene rings is 1. The average Bonchev–Trinajstić information content (AvgIpc) is 3.09. The Morgan fingerprint density at radius 2 is 2.08 bits per heavy atom. The molecule has 1 amide bonds. The van der Waals surface area contributed by atoms with Gasteiger partial charge in [-0.25, -0.2) is 4.98 Å². The molecule has 120 valence electrons. The molecule has 7 heteroatoms. The van der Waals surface area contributed by atoms with Gasteiger partial charge in [0.1, 0.15) is 5.58 Å². The van der Waals surface area contributed by atoms with Gasteiger partial charge < -0.3 is 9.73 Å². The first-order valence-electron chi connectivity index (χ1n) is 7.33. The van der Waals surface area contributed by atoms with Gasteiger partial charge in [-0.05, 0) is 38.1 Å². The molecule has 0 aliphatic heterocycles. The van der Waals surface area contributed by atoms with E-state index in [2.05, 4.69) is 20.5 Å². The first-order chi connectivity index (χ1) is 11.5. The molecule has 0 saturated heterocycles. The number of pyridine rings is 1. The summed E-state index contributed by atoms with van der Waals surface area (Å²) in [7, 11) is 0. The zero-order valence-corrected chi connectivity index (χ0v) is 13.7. The number of hydrogen-bond donors (Lipinski definition) is 2. The number of fused-ring (bicyclic) bond motifs is 2. The van der Waals surface area contributed by atoms with Crippen LogP contribution in [0.15, 0.2) is 34.9 Å². The molecule has 4 rings (SSSR count). The van der Waals surface area contributed by atoms with Gasteiger partial charge in [0.25, 0.3) is 5.91 Å². The summed E-state index contributed by atoms with van der Waals surface area (Å²) in [6.07, 6.45) is 1.56. The van der Waals surface area contributed by atoms with Crippen LogP contribution in [0.4, 0.5) is 5.69 Å². The van der Waals surface area contributed by atoms with E-state index in [9.17, 15) is 4.79 Å². The summed E-state index contributed by atoms with van der Waals surface area (Å²) in [6, 6.07) is 7.10. The Morgan fingerprint density at radius 3 is 2.92 bits per heavy atom. The predicted octanol–water partition coefficient (Wildman–Crippen LogP) is 4.23. The molecule has 6 nitrogen and oxygen atoms in total. The van der Waals surface area contributed by atoms with Crippen LogP contribution in [0.25, 0.3) is 22.0 Å². The lowest BCUT2D eigenvalue weighted by Gasteiger charge is -2.03. The summed E-state index contributed by atoms with van der Waals surface area (Å²) < 4.78 is 5.67. The Balaban J connectivity index is 1.70. The highest BCUT2D eigenvalue weighted by atomic mass is 35.5. The molecule has 0 atom stereocenters. The zero-order chi connectivity index (χ0) is 16.8. The number of aromatic nitrogens is 3. The minimum Gasteiger partial charge on any atom is -0.451 e. The van der Waals surface area contributed by atoms with Gasteiger partial charge in [-0.1, -0.05) is 11.6 Å². The molecule has 0 radical (unpaired) electrons. The summed E-state index contributed by atoms with van der Waals surface area (Å²) in [6.45, 7) is 3.73. The van der Waals surface area contributed by atoms with Gasteiger partial charge >= 0.3 is 0 Å². The maximum absolute atomic E-state index is 12.6. The Bertz CT molecular complexity index is 1100. The second kappa shape index (κ2) is 5.35. The molecular weight excluding hydrogens is 328 g/mol. The van der Waals surface area contributed by atoms with Crippen molar-refractivity contribution in [3.05, 3.63) is 52.5 Å². The third-order valence-corrected chi connectivity index (χ3v) is 4.20. The van der Waals surface area contributed by atoms with E-state index in [1.165, 1.54) is 0 Å². The SMILES string of the molecule is Cc1[nH]nc2ncc(NC(=O)c3oc4ccc(Cl)cc4c3C)cc12. The summed E-state index contributed by atoms with van der Waals surface area (Å²) in [4.78, 5) is 16.8. The fourth-order valence-electron chi connectivity index (χ4n) is 2.69. The summed E-state index contributed by atoms with van der Waals surface area (Å²) in [5.74, 6) is -0.0709. The third-order valence-electron chi connectivity index (χ3n) is 3.96. The summed E-state index contributed by atoms with van der Waals surface area (Å²) >= 11 is 6.01. The number of H-pyrrole nitrogens is 1. The number of rotatable bonds is 2. The average molecular weight is 341 g/mol. The molecule has 24 heavy (non-hydrogen) atoms. The number of halogens is 1. The van der Waals surface area contributed by atoms with Crippen LogP contribution in [-0.4, -0.2) is 21.1 Å². The minimum atomic E-state index is -0.331. The van der Waals surface area contributed by atoms with Crippen molar-refractivity contribution in [2.24, 2.45) is 0 Å². The van der Waals surface area contributed by atoms with E-state index in [0.717, 1.165) is 22.0 Å². The molecular formula is C17H13ClN4O2. The third kappa shape index (κ3) is 2.32. The van der Waals surface area contributed by atoms with Gasteiger partial charge in [0.2, 0.25) is 0 Å². The Kier molecular flexibility index (Phi) is 3.28. The lowest BCUT2D eigenvalue weighted by Crippen LogP contribution is -2.12. The molecule has 0 saturated carbocycles. The maximum atomic E-state index is 12.6. The minimum absolute atomic E-state index is 0.260. The van der Waals surface area contributed by atoms with Crippen LogP contribution in [0.5, 0.6) is 0 Å². The van der Waals surface area contributed by atoms with Crippen LogP contribution in [0.3, 0.4) is 0 Å². The monoisotopic (exact) mass is 340 g/mol. The van der Waals surface area contributed by atoms with Crippen molar-refractivity contribution in [3.63, 3.8) is 0 Å². The Morgan fingerprint density at radius 1 is 1.25 bits per heavy atom. The summed E-state index contributed by atoms with van der Waals surface area (Å²) in [5.41, 5.74) is 3.46. The number of aryl methyl sites for hydroxylation is 2. The Labute approximate surface area is 141 Å². The largest absolute Gasteiger partial charge is 0.451 e. The van der Waals surface area contributed by atoms with E-state index in [4.69, 9.17) is 16.0 Å². The number of amides is 1. The van der Waals surface area contributed by atoms with Crippen LogP contribution in [0.2, 0.25) is 5.02 Å². The number of aromatic amines is 1. The summed E-state index contributed by atoms with van der Waals surface area (Å²) in [5, 5.41) is 12.0. The number of hydrogen-bond acceptors (Lipinski definition) is 4. The number of anilines is 1. The van der Waals surface area contributed by atoms with Gasteiger partial charge in [0.15, 0.2) is 11.4 Å². The van der Waals surface area contributed by atoms with Crippen molar-refractivity contribution in [1.82, 2.24) is 15.2 Å². The quantitative estimate of drug-likeness (QED) is 0.572. The molecule has 0 unspecified atom stereocenters. The van der Waals surface area contributed by atoms with E-state index in [-0.39, 0.29) is 11.7 Å². The van der Waals surface area contributed by atoms with Crippen LogP contribution in [0.1, 0.15) is 21.8 Å². The van der Waals surface area contributed by atoms with Crippen molar-refractivity contribution in [2.45, 2.75) is 13.8 Å². The van der Waals surface area contributed by atoms with Crippen LogP contribution < -0.4 is 5.32 Å². The van der Waals surface area contributed by atoms with Crippen molar-refractivity contribution < 1.29 is 9.21 Å². The molecule has 0 spiro atoms. The second-order valence-corrected chi connectivity index (χ2v) is 6.03. The molecule has 3 heterocycles. The number of carbonyl (C=O) groups excluding carboxylic acids is 1. The Hall–Kier alpha value is -2.86. The highest BCUT2D eigenvalue weighted by Gasteiger charge is 2.18. The van der Waals surface area contributed by atoms with Crippen LogP contribution in [0, 0.1) is 13.8 Å². The van der Waals surface area contributed by atoms with Gasteiger partial charge in [0, 0.05) is 27.1 Å². The predicted molar refractivity (Wildman–Crippen MR) is 92.5 cm³/mol. The van der Waals surface area contributed by atoms with Crippen LogP contribution in [-0.2, 0) is 0 Å². The topological polar surface area (TPSA) is 83.8 Å². The van der Waals surface area contributed by atoms with Crippen molar-refractivity contribution >= 4 is 45.2 Å². The zero-order valence-electron chi connectivity index (χ0n) is 13.0. The fourth-order valence-corrected chi connectivity index (χ4v) is 2.86. The van der Waals surface area contributed by atoms with Crippen molar-refractivity contribution in [1.29, 1.82) is 0 Å². The van der Waals surface area contributed by atoms with Gasteiger partial charge in [-0.15, -0.1) is 0 Å². The normalized spacial score (nSPS) is 11.3. The molecule has 4 aromatic rings. The van der Waals surface area contributed by atoms with Crippen LogP contribution >= 0.6 is 11.6 Å². The molecule has 0 aliphatic carbocycles. The van der Waals surface area contributed by atoms with Crippen molar-refractivity contribution in [3.8, 4) is 0 Å². The van der Waals surface area contributed by atoms with Gasteiger partial charge in [-0.2, -0.15) is 5.10 Å². The molecule has 0 bridgehead atoms. The maximum Gasteiger partial charge on any atom is 0.291 e. The lowest BCUT2D eigenvalue weighted by atomic mass is 10.1. The number of carbonyl (C=O) groups is 1. The lowest BCUT2D eigenvalue weighted by molar-refractivity contribution is 0.0998. The molecule has 1 aromatic carbocycles. The number of nitrogens with one attached hydrogen (secondary N) is 2. The fraction of sp³-hybridized carbons (Fsp3) is 0.118. The molecule has 0 aliphatic rings. The highest BCUT2D eigenvalue weighted by Crippen LogP contribution is 2.28. The van der Waals surface area contributed by atoms with Gasteiger partial charge in [0.05, 0.1) is 11.9 Å². The smallest absolute Gasteiger partial charge is 0.291 e. The first-order valence-corrected chi connectivity index (χ1v) is 7.71.